The molecule has 0 saturated heterocycles. The number of fused-ring (bicyclic) bond motifs is 2. The van der Waals surface area contributed by atoms with E-state index < -0.39 is 0 Å². The summed E-state index contributed by atoms with van der Waals surface area (Å²) in [7, 11) is 0. The van der Waals surface area contributed by atoms with Gasteiger partial charge in [-0.1, -0.05) is 42.8 Å². The number of rotatable bonds is 76. The highest BCUT2D eigenvalue weighted by Gasteiger charge is 2.32. The third-order valence-corrected chi connectivity index (χ3v) is 12.8. The second kappa shape index (κ2) is 67.2. The molecule has 1 aliphatic carbocycles. The molecule has 1 aliphatic rings. The van der Waals surface area contributed by atoms with Gasteiger partial charge in [0.1, 0.15) is 5.75 Å². The average Bonchev–Trinajstić information content (AvgIpc) is 0.771. The minimum atomic E-state index is -0.169. The number of aliphatic hydroxyl groups is 1. The predicted molar refractivity (Wildman–Crippen MR) is 340 cm³/mol. The number of unbranched alkanes of at least 4 members (excludes halogenated alkanes) is 3. The molecule has 0 aliphatic heterocycles. The quantitative estimate of drug-likeness (QED) is 0.0788. The van der Waals surface area contributed by atoms with Crippen molar-refractivity contribution in [1.29, 1.82) is 0 Å². The van der Waals surface area contributed by atoms with Gasteiger partial charge in [0.05, 0.1) is 316 Å². The van der Waals surface area contributed by atoms with Crippen molar-refractivity contribution in [3.05, 3.63) is 64.7 Å². The summed E-state index contributed by atoms with van der Waals surface area (Å²) in [6.07, 6.45) is 3.75. The van der Waals surface area contributed by atoms with E-state index in [1.807, 2.05) is 0 Å². The topological polar surface area (TPSA) is 276 Å². The van der Waals surface area contributed by atoms with Gasteiger partial charge in [-0.3, -0.25) is 9.59 Å². The van der Waals surface area contributed by atoms with E-state index in [-0.39, 0.29) is 18.2 Å². The normalized spacial score (nSPS) is 12.2. The van der Waals surface area contributed by atoms with Crippen molar-refractivity contribution in [2.45, 2.75) is 25.7 Å². The number of carbonyl (C=O) groups is 2. The zero-order valence-electron chi connectivity index (χ0n) is 55.4. The first-order valence-electron chi connectivity index (χ1n) is 33.1. The van der Waals surface area contributed by atoms with Gasteiger partial charge in [-0.2, -0.15) is 0 Å². The number of hydrogen-bond donors (Lipinski definition) is 1. The fraction of sp³-hybridized carbons (Fsp3) is 0.788. The van der Waals surface area contributed by atoms with Crippen LogP contribution in [-0.2, 0) is 109 Å². The SMILES string of the molecule is O=C1c2ccccc2C(=O)c2c(OCCCCCCOCCOCCOCCOCCOCCOCCOCCOCCOCCOCCOCCOCCOCCOCCOCCOCCOCCOCCOCCOCCOCCOCCOCCO)cccc21. The highest BCUT2D eigenvalue weighted by Crippen LogP contribution is 2.33. The van der Waals surface area contributed by atoms with Crippen LogP contribution >= 0.6 is 0 Å². The molecule has 93 heavy (non-hydrogen) atoms. The van der Waals surface area contributed by atoms with E-state index in [2.05, 4.69) is 0 Å². The van der Waals surface area contributed by atoms with Crippen LogP contribution < -0.4 is 4.74 Å². The van der Waals surface area contributed by atoms with Crippen molar-refractivity contribution in [3.8, 4) is 5.75 Å². The molecular formula is C66H112O27. The van der Waals surface area contributed by atoms with E-state index in [1.165, 1.54) is 0 Å². The van der Waals surface area contributed by atoms with Gasteiger partial charge in [-0.05, 0) is 25.3 Å². The Hall–Kier alpha value is -3.38. The summed E-state index contributed by atoms with van der Waals surface area (Å²) in [5.41, 5.74) is 1.63. The predicted octanol–water partition coefficient (Wildman–Crippen LogP) is 3.78. The molecule has 27 heteroatoms. The Bertz CT molecular complexity index is 1940. The molecule has 27 nitrogen and oxygen atoms in total. The molecule has 0 radical (unpaired) electrons. The second-order valence-corrected chi connectivity index (χ2v) is 20.0. The van der Waals surface area contributed by atoms with Crippen LogP contribution in [0.25, 0.3) is 0 Å². The van der Waals surface area contributed by atoms with E-state index in [4.69, 9.17) is 119 Å². The summed E-state index contributed by atoms with van der Waals surface area (Å²) in [6, 6.07) is 12.1. The van der Waals surface area contributed by atoms with E-state index >= 15 is 0 Å². The monoisotopic (exact) mass is 1340 g/mol. The van der Waals surface area contributed by atoms with E-state index in [1.54, 1.807) is 42.5 Å². The van der Waals surface area contributed by atoms with Crippen molar-refractivity contribution in [1.82, 2.24) is 0 Å². The summed E-state index contributed by atoms with van der Waals surface area (Å²) in [4.78, 5) is 26.1. The van der Waals surface area contributed by atoms with Gasteiger partial charge in [0, 0.05) is 23.3 Å². The Morgan fingerprint density at radius 3 is 0.656 bits per heavy atom. The lowest BCUT2D eigenvalue weighted by molar-refractivity contribution is -0.0319. The van der Waals surface area contributed by atoms with Crippen LogP contribution in [0.4, 0.5) is 0 Å². The zero-order valence-corrected chi connectivity index (χ0v) is 55.4. The van der Waals surface area contributed by atoms with Gasteiger partial charge < -0.3 is 119 Å². The smallest absolute Gasteiger partial charge is 0.198 e. The first kappa shape index (κ1) is 83.8. The zero-order chi connectivity index (χ0) is 65.7. The fourth-order valence-electron chi connectivity index (χ4n) is 8.08. The third-order valence-electron chi connectivity index (χ3n) is 12.8. The molecule has 0 spiro atoms. The maximum atomic E-state index is 13.1. The van der Waals surface area contributed by atoms with E-state index in [0.717, 1.165) is 25.7 Å². The van der Waals surface area contributed by atoms with E-state index in [9.17, 15) is 9.59 Å². The lowest BCUT2D eigenvalue weighted by atomic mass is 9.83. The highest BCUT2D eigenvalue weighted by atomic mass is 16.6. The number of aliphatic hydroxyl groups excluding tert-OH is 1. The van der Waals surface area contributed by atoms with Crippen molar-refractivity contribution in [2.75, 3.05) is 317 Å². The van der Waals surface area contributed by atoms with Gasteiger partial charge in [-0.15, -0.1) is 0 Å². The largest absolute Gasteiger partial charge is 0.493 e. The summed E-state index contributed by atoms with van der Waals surface area (Å²) in [5.74, 6) is 0.153. The Balaban J connectivity index is 0.856. The third kappa shape index (κ3) is 50.6. The Morgan fingerprint density at radius 2 is 0.409 bits per heavy atom. The molecule has 1 N–H and O–H groups in total. The highest BCUT2D eigenvalue weighted by molar-refractivity contribution is 6.29. The molecule has 0 amide bonds. The Morgan fingerprint density at radius 1 is 0.204 bits per heavy atom. The first-order valence-corrected chi connectivity index (χ1v) is 33.1. The lowest BCUT2D eigenvalue weighted by Crippen LogP contribution is -2.21. The first-order chi connectivity index (χ1) is 46.2. The standard InChI is InChI=1S/C66H112O27/c67-12-15-71-17-19-73-21-23-75-25-27-77-29-31-79-33-35-81-37-39-83-41-43-85-45-47-87-49-51-89-53-55-91-57-59-92-58-56-90-54-52-88-50-48-86-46-44-84-42-40-82-38-36-80-34-32-78-30-28-76-26-24-74-22-20-72-18-16-70-13-5-1-2-6-14-93-63-11-7-10-62-64(63)66(69)61-9-4-3-8-60(61)65(62)68/h3-4,7-11,67H,1-2,5-6,12-59H2. The number of hydrogen-bond acceptors (Lipinski definition) is 27. The molecule has 0 atom stereocenters. The number of ketones is 2. The fourth-order valence-corrected chi connectivity index (χ4v) is 8.08. The maximum Gasteiger partial charge on any atom is 0.198 e. The molecule has 538 valence electrons. The summed E-state index contributed by atoms with van der Waals surface area (Å²) < 4.78 is 133. The molecule has 0 bridgehead atoms. The molecule has 2 aromatic carbocycles. The van der Waals surface area contributed by atoms with Crippen LogP contribution in [0.3, 0.4) is 0 Å². The molecule has 3 rings (SSSR count). The van der Waals surface area contributed by atoms with Crippen LogP contribution in [0.2, 0.25) is 0 Å². The van der Waals surface area contributed by atoms with Crippen LogP contribution in [-0.4, -0.2) is 334 Å². The van der Waals surface area contributed by atoms with Gasteiger partial charge in [0.25, 0.3) is 0 Å². The van der Waals surface area contributed by atoms with Gasteiger partial charge in [-0.25, -0.2) is 0 Å². The number of carbonyl (C=O) groups excluding carboxylic acids is 2. The van der Waals surface area contributed by atoms with Gasteiger partial charge in [0.15, 0.2) is 11.6 Å². The minimum Gasteiger partial charge on any atom is -0.493 e. The van der Waals surface area contributed by atoms with Crippen molar-refractivity contribution >= 4 is 11.6 Å². The molecule has 0 fully saturated rings. The Kier molecular flexibility index (Phi) is 60.6. The summed E-state index contributed by atoms with van der Waals surface area (Å²) in [5, 5.41) is 8.62. The molecular weight excluding hydrogens is 1220 g/mol. The molecule has 2 aromatic rings. The van der Waals surface area contributed by atoms with Crippen LogP contribution in [0.5, 0.6) is 5.75 Å². The maximum absolute atomic E-state index is 13.1. The second-order valence-electron chi connectivity index (χ2n) is 20.0. The summed E-state index contributed by atoms with van der Waals surface area (Å²) in [6.45, 7) is 22.8. The van der Waals surface area contributed by atoms with Gasteiger partial charge in [0.2, 0.25) is 0 Å². The minimum absolute atomic E-state index is 0.0161. The van der Waals surface area contributed by atoms with Crippen molar-refractivity contribution in [2.24, 2.45) is 0 Å². The van der Waals surface area contributed by atoms with Crippen LogP contribution in [0.15, 0.2) is 42.5 Å². The van der Waals surface area contributed by atoms with E-state index in [0.29, 0.717) is 339 Å². The van der Waals surface area contributed by atoms with Gasteiger partial charge >= 0.3 is 0 Å². The number of benzene rings is 2. The molecule has 0 aromatic heterocycles. The molecule has 0 saturated carbocycles. The summed E-state index contributed by atoms with van der Waals surface area (Å²) >= 11 is 0. The van der Waals surface area contributed by atoms with Crippen molar-refractivity contribution < 1.29 is 128 Å². The molecule has 0 heterocycles. The molecule has 0 unspecified atom stereocenters. The lowest BCUT2D eigenvalue weighted by Gasteiger charge is -2.20. The average molecular weight is 1340 g/mol. The van der Waals surface area contributed by atoms with Crippen LogP contribution in [0, 0.1) is 0 Å². The number of ether oxygens (including phenoxy) is 24. The van der Waals surface area contributed by atoms with Crippen molar-refractivity contribution in [3.63, 3.8) is 0 Å². The Labute approximate surface area is 551 Å². The van der Waals surface area contributed by atoms with Crippen LogP contribution in [0.1, 0.15) is 57.5 Å².